The van der Waals surface area contributed by atoms with Gasteiger partial charge < -0.3 is 5.73 Å². The first kappa shape index (κ1) is 10.1. The third-order valence-electron chi connectivity index (χ3n) is 1.60. The number of rotatable bonds is 3. The molecule has 0 aliphatic carbocycles. The summed E-state index contributed by atoms with van der Waals surface area (Å²) in [5.74, 6) is 0.249. The number of allylic oxidation sites excluding steroid dienone is 1. The molecule has 0 aromatic heterocycles. The quantitative estimate of drug-likeness (QED) is 0.588. The Morgan fingerprint density at radius 3 is 2.85 bits per heavy atom. The molecular formula is C10H11ClFN. The minimum absolute atomic E-state index is 0.300. The van der Waals surface area contributed by atoms with E-state index in [2.05, 4.69) is 0 Å². The lowest BCUT2D eigenvalue weighted by Gasteiger charge is -1.97. The zero-order chi connectivity index (χ0) is 9.68. The van der Waals surface area contributed by atoms with Crippen LogP contribution in [0.1, 0.15) is 12.0 Å². The summed E-state index contributed by atoms with van der Waals surface area (Å²) in [5.41, 5.74) is 6.38. The molecule has 0 spiro atoms. The second kappa shape index (κ2) is 4.87. The van der Waals surface area contributed by atoms with Crippen molar-refractivity contribution in [2.45, 2.75) is 6.42 Å². The number of anilines is 1. The van der Waals surface area contributed by atoms with Crippen molar-refractivity contribution in [2.24, 2.45) is 0 Å². The molecule has 0 amide bonds. The zero-order valence-electron chi connectivity index (χ0n) is 7.13. The standard InChI is InChI=1S/C10H11ClFN/c11-6-2-1-3-8-4-5-9(13)7-10(8)12/h1,3-5,7H,2,6,13H2. The fourth-order valence-corrected chi connectivity index (χ4v) is 1.08. The van der Waals surface area contributed by atoms with Crippen LogP contribution >= 0.6 is 11.6 Å². The van der Waals surface area contributed by atoms with Gasteiger partial charge in [-0.2, -0.15) is 0 Å². The van der Waals surface area contributed by atoms with Gasteiger partial charge in [-0.15, -0.1) is 11.6 Å². The maximum absolute atomic E-state index is 13.1. The van der Waals surface area contributed by atoms with E-state index in [0.717, 1.165) is 6.42 Å². The monoisotopic (exact) mass is 199 g/mol. The molecule has 1 rings (SSSR count). The average molecular weight is 200 g/mol. The van der Waals surface area contributed by atoms with E-state index in [9.17, 15) is 4.39 Å². The summed E-state index contributed by atoms with van der Waals surface area (Å²) in [6.07, 6.45) is 4.28. The van der Waals surface area contributed by atoms with Crippen molar-refractivity contribution >= 4 is 23.4 Å². The van der Waals surface area contributed by atoms with Crippen LogP contribution in [0.3, 0.4) is 0 Å². The predicted octanol–water partition coefficient (Wildman–Crippen LogP) is 3.05. The molecule has 1 aromatic rings. The summed E-state index contributed by atoms with van der Waals surface area (Å²) in [7, 11) is 0. The van der Waals surface area contributed by atoms with E-state index in [0.29, 0.717) is 17.1 Å². The molecule has 0 radical (unpaired) electrons. The Hall–Kier alpha value is -1.02. The largest absolute Gasteiger partial charge is 0.399 e. The Morgan fingerprint density at radius 1 is 1.46 bits per heavy atom. The predicted molar refractivity (Wildman–Crippen MR) is 55.2 cm³/mol. The van der Waals surface area contributed by atoms with Gasteiger partial charge in [0.15, 0.2) is 0 Å². The molecule has 0 fully saturated rings. The number of hydrogen-bond acceptors (Lipinski definition) is 1. The van der Waals surface area contributed by atoms with E-state index in [4.69, 9.17) is 17.3 Å². The third-order valence-corrected chi connectivity index (χ3v) is 1.82. The molecule has 13 heavy (non-hydrogen) atoms. The normalized spacial score (nSPS) is 10.9. The fourth-order valence-electron chi connectivity index (χ4n) is 0.952. The minimum Gasteiger partial charge on any atom is -0.399 e. The molecule has 1 aromatic carbocycles. The first-order valence-corrected chi connectivity index (χ1v) is 4.55. The Labute approximate surface area is 82.0 Å². The van der Waals surface area contributed by atoms with Crippen LogP contribution in [0.25, 0.3) is 6.08 Å². The molecule has 0 atom stereocenters. The van der Waals surface area contributed by atoms with Gasteiger partial charge in [0.05, 0.1) is 0 Å². The van der Waals surface area contributed by atoms with Crippen LogP contribution in [-0.2, 0) is 0 Å². The van der Waals surface area contributed by atoms with E-state index in [1.54, 1.807) is 18.2 Å². The summed E-state index contributed by atoms with van der Waals surface area (Å²) >= 11 is 5.47. The third kappa shape index (κ3) is 3.07. The molecule has 0 bridgehead atoms. The van der Waals surface area contributed by atoms with E-state index < -0.39 is 0 Å². The molecule has 3 heteroatoms. The molecule has 0 heterocycles. The Morgan fingerprint density at radius 2 is 2.23 bits per heavy atom. The maximum Gasteiger partial charge on any atom is 0.132 e. The summed E-state index contributed by atoms with van der Waals surface area (Å²) in [5, 5.41) is 0. The molecule has 0 unspecified atom stereocenters. The van der Waals surface area contributed by atoms with Crippen LogP contribution in [0.15, 0.2) is 24.3 Å². The summed E-state index contributed by atoms with van der Waals surface area (Å²) in [4.78, 5) is 0. The highest BCUT2D eigenvalue weighted by atomic mass is 35.5. The van der Waals surface area contributed by atoms with Crippen molar-refractivity contribution in [3.8, 4) is 0 Å². The lowest BCUT2D eigenvalue weighted by atomic mass is 10.1. The summed E-state index contributed by atoms with van der Waals surface area (Å²) in [6.45, 7) is 0. The fraction of sp³-hybridized carbons (Fsp3) is 0.200. The Kier molecular flexibility index (Phi) is 3.77. The molecule has 2 N–H and O–H groups in total. The maximum atomic E-state index is 13.1. The topological polar surface area (TPSA) is 26.0 Å². The highest BCUT2D eigenvalue weighted by molar-refractivity contribution is 6.17. The van der Waals surface area contributed by atoms with Gasteiger partial charge in [-0.05, 0) is 18.6 Å². The van der Waals surface area contributed by atoms with Crippen molar-refractivity contribution in [1.82, 2.24) is 0 Å². The van der Waals surface area contributed by atoms with Gasteiger partial charge in [0.2, 0.25) is 0 Å². The average Bonchev–Trinajstić information content (AvgIpc) is 2.09. The van der Waals surface area contributed by atoms with Crippen molar-refractivity contribution in [3.63, 3.8) is 0 Å². The van der Waals surface area contributed by atoms with Crippen LogP contribution in [0, 0.1) is 5.82 Å². The lowest BCUT2D eigenvalue weighted by Crippen LogP contribution is -1.88. The highest BCUT2D eigenvalue weighted by Crippen LogP contribution is 2.13. The van der Waals surface area contributed by atoms with Gasteiger partial charge in [0, 0.05) is 17.1 Å². The van der Waals surface area contributed by atoms with Crippen molar-refractivity contribution in [3.05, 3.63) is 35.7 Å². The zero-order valence-corrected chi connectivity index (χ0v) is 7.89. The van der Waals surface area contributed by atoms with Crippen LogP contribution < -0.4 is 5.73 Å². The van der Waals surface area contributed by atoms with Crippen LogP contribution in [0.4, 0.5) is 10.1 Å². The van der Waals surface area contributed by atoms with Crippen molar-refractivity contribution < 1.29 is 4.39 Å². The molecule has 1 nitrogen and oxygen atoms in total. The van der Waals surface area contributed by atoms with Gasteiger partial charge in [0.1, 0.15) is 5.82 Å². The summed E-state index contributed by atoms with van der Waals surface area (Å²) < 4.78 is 13.1. The van der Waals surface area contributed by atoms with Crippen molar-refractivity contribution in [1.29, 1.82) is 0 Å². The van der Waals surface area contributed by atoms with Crippen LogP contribution in [0.5, 0.6) is 0 Å². The molecule has 0 saturated carbocycles. The second-order valence-corrected chi connectivity index (χ2v) is 3.04. The minimum atomic E-state index is -0.300. The van der Waals surface area contributed by atoms with Crippen LogP contribution in [-0.4, -0.2) is 5.88 Å². The van der Waals surface area contributed by atoms with Gasteiger partial charge in [-0.25, -0.2) is 4.39 Å². The number of nitrogens with two attached hydrogens (primary N) is 1. The number of alkyl halides is 1. The van der Waals surface area contributed by atoms with E-state index in [1.807, 2.05) is 6.08 Å². The molecule has 0 aliphatic heterocycles. The van der Waals surface area contributed by atoms with Gasteiger partial charge >= 0.3 is 0 Å². The van der Waals surface area contributed by atoms with Gasteiger partial charge in [-0.3, -0.25) is 0 Å². The number of nitrogen functional groups attached to an aromatic ring is 1. The van der Waals surface area contributed by atoms with Gasteiger partial charge in [-0.1, -0.05) is 18.2 Å². The van der Waals surface area contributed by atoms with E-state index in [-0.39, 0.29) is 5.82 Å². The van der Waals surface area contributed by atoms with Crippen LogP contribution in [0.2, 0.25) is 0 Å². The van der Waals surface area contributed by atoms with E-state index >= 15 is 0 Å². The summed E-state index contributed by atoms with van der Waals surface area (Å²) in [6, 6.07) is 4.62. The van der Waals surface area contributed by atoms with Gasteiger partial charge in [0.25, 0.3) is 0 Å². The van der Waals surface area contributed by atoms with Crippen molar-refractivity contribution in [2.75, 3.05) is 11.6 Å². The van der Waals surface area contributed by atoms with E-state index in [1.165, 1.54) is 6.07 Å². The Balaban J connectivity index is 2.77. The molecule has 0 saturated heterocycles. The smallest absolute Gasteiger partial charge is 0.132 e. The number of benzene rings is 1. The highest BCUT2D eigenvalue weighted by Gasteiger charge is 1.97. The molecule has 0 aliphatic rings. The molecule has 70 valence electrons. The SMILES string of the molecule is Nc1ccc(C=CCCCl)c(F)c1. The number of hydrogen-bond donors (Lipinski definition) is 1. The molecular weight excluding hydrogens is 189 g/mol. The first-order valence-electron chi connectivity index (χ1n) is 4.01. The second-order valence-electron chi connectivity index (χ2n) is 2.66. The Bertz CT molecular complexity index is 310. The number of halogens is 2. The lowest BCUT2D eigenvalue weighted by molar-refractivity contribution is 0.625. The first-order chi connectivity index (χ1) is 6.24.